The zero-order chi connectivity index (χ0) is 13.1. The number of hydrogen-bond acceptors (Lipinski definition) is 3. The van der Waals surface area contributed by atoms with Crippen LogP contribution in [0, 0.1) is 0 Å². The fourth-order valence-corrected chi connectivity index (χ4v) is 1.80. The number of carboxylic acids is 1. The first-order chi connectivity index (χ1) is 8.61. The van der Waals surface area contributed by atoms with Gasteiger partial charge in [0.05, 0.1) is 16.5 Å². The van der Waals surface area contributed by atoms with E-state index in [1.807, 2.05) is 0 Å². The average molecular weight is 246 g/mol. The number of carboxylic acid groups (broad SMARTS) is 1. The predicted molar refractivity (Wildman–Crippen MR) is 67.9 cm³/mol. The van der Waals surface area contributed by atoms with Crippen molar-refractivity contribution in [3.63, 3.8) is 0 Å². The Morgan fingerprint density at radius 3 is 2.89 bits per heavy atom. The normalized spacial score (nSPS) is 10.7. The van der Waals surface area contributed by atoms with E-state index in [1.165, 1.54) is 18.2 Å². The van der Waals surface area contributed by atoms with Gasteiger partial charge in [0.25, 0.3) is 5.56 Å². The second kappa shape index (κ2) is 5.00. The number of nitrogens with one attached hydrogen (secondary N) is 1. The van der Waals surface area contributed by atoms with Gasteiger partial charge >= 0.3 is 5.97 Å². The lowest BCUT2D eigenvalue weighted by Crippen LogP contribution is -2.12. The van der Waals surface area contributed by atoms with Crippen LogP contribution in [-0.4, -0.2) is 21.0 Å². The number of unbranched alkanes of at least 4 members (excludes halogenated alkanes) is 1. The van der Waals surface area contributed by atoms with Gasteiger partial charge in [-0.2, -0.15) is 4.98 Å². The quantitative estimate of drug-likeness (QED) is 0.863. The number of aromatic amines is 1. The lowest BCUT2D eigenvalue weighted by atomic mass is 10.1. The molecule has 0 amide bonds. The molecule has 5 heteroatoms. The molecule has 0 fully saturated rings. The summed E-state index contributed by atoms with van der Waals surface area (Å²) in [5, 5.41) is 9.33. The largest absolute Gasteiger partial charge is 0.478 e. The van der Waals surface area contributed by atoms with Crippen LogP contribution in [0.25, 0.3) is 10.9 Å². The molecule has 1 aromatic heterocycles. The third-order valence-corrected chi connectivity index (χ3v) is 2.78. The van der Waals surface area contributed by atoms with E-state index in [1.54, 1.807) is 0 Å². The van der Waals surface area contributed by atoms with Gasteiger partial charge in [0, 0.05) is 6.42 Å². The van der Waals surface area contributed by atoms with Gasteiger partial charge in [0.1, 0.15) is 5.82 Å². The van der Waals surface area contributed by atoms with Gasteiger partial charge in [-0.15, -0.1) is 0 Å². The second-order valence-electron chi connectivity index (χ2n) is 4.16. The van der Waals surface area contributed by atoms with E-state index in [0.717, 1.165) is 12.8 Å². The molecule has 1 aromatic carbocycles. The summed E-state index contributed by atoms with van der Waals surface area (Å²) in [6.45, 7) is 2.06. The van der Waals surface area contributed by atoms with Crippen LogP contribution in [0.1, 0.15) is 35.9 Å². The molecule has 0 saturated carbocycles. The van der Waals surface area contributed by atoms with Crippen LogP contribution in [0.4, 0.5) is 0 Å². The monoisotopic (exact) mass is 246 g/mol. The Hall–Kier alpha value is -2.17. The maximum atomic E-state index is 11.8. The summed E-state index contributed by atoms with van der Waals surface area (Å²) < 4.78 is 0. The number of fused-ring (bicyclic) bond motifs is 1. The lowest BCUT2D eigenvalue weighted by Gasteiger charge is -2.03. The number of aromatic carboxylic acids is 1. The van der Waals surface area contributed by atoms with Gasteiger partial charge in [0.15, 0.2) is 0 Å². The van der Waals surface area contributed by atoms with Crippen LogP contribution in [0.15, 0.2) is 23.0 Å². The van der Waals surface area contributed by atoms with Gasteiger partial charge < -0.3 is 10.1 Å². The summed E-state index contributed by atoms with van der Waals surface area (Å²) in [7, 11) is 0. The van der Waals surface area contributed by atoms with Crippen molar-refractivity contribution in [3.8, 4) is 0 Å². The van der Waals surface area contributed by atoms with Crippen molar-refractivity contribution in [1.82, 2.24) is 9.97 Å². The van der Waals surface area contributed by atoms with Gasteiger partial charge in [-0.3, -0.25) is 4.79 Å². The smallest absolute Gasteiger partial charge is 0.335 e. The van der Waals surface area contributed by atoms with Crippen LogP contribution in [0.5, 0.6) is 0 Å². The number of aryl methyl sites for hydroxylation is 1. The van der Waals surface area contributed by atoms with Crippen LogP contribution in [-0.2, 0) is 6.42 Å². The minimum Gasteiger partial charge on any atom is -0.478 e. The highest BCUT2D eigenvalue weighted by Gasteiger charge is 2.07. The first-order valence-corrected chi connectivity index (χ1v) is 5.88. The average Bonchev–Trinajstić information content (AvgIpc) is 2.35. The molecule has 1 heterocycles. The van der Waals surface area contributed by atoms with E-state index in [4.69, 9.17) is 5.11 Å². The fourth-order valence-electron chi connectivity index (χ4n) is 1.80. The number of rotatable bonds is 4. The first kappa shape index (κ1) is 12.3. The molecule has 0 saturated heterocycles. The molecule has 2 N–H and O–H groups in total. The highest BCUT2D eigenvalue weighted by atomic mass is 16.4. The molecule has 2 aromatic rings. The van der Waals surface area contributed by atoms with E-state index < -0.39 is 5.97 Å². The summed E-state index contributed by atoms with van der Waals surface area (Å²) in [5.74, 6) is -0.401. The molecule has 0 aliphatic carbocycles. The molecule has 0 spiro atoms. The zero-order valence-electron chi connectivity index (χ0n) is 10.1. The summed E-state index contributed by atoms with van der Waals surface area (Å²) >= 11 is 0. The topological polar surface area (TPSA) is 83.1 Å². The van der Waals surface area contributed by atoms with Gasteiger partial charge in [-0.05, 0) is 24.6 Å². The Labute approximate surface area is 103 Å². The highest BCUT2D eigenvalue weighted by Crippen LogP contribution is 2.11. The van der Waals surface area contributed by atoms with E-state index in [9.17, 15) is 9.59 Å². The van der Waals surface area contributed by atoms with Crippen LogP contribution < -0.4 is 5.56 Å². The molecule has 0 radical (unpaired) electrons. The molecule has 0 atom stereocenters. The van der Waals surface area contributed by atoms with Crippen molar-refractivity contribution in [2.45, 2.75) is 26.2 Å². The molecule has 0 bridgehead atoms. The van der Waals surface area contributed by atoms with Gasteiger partial charge in [-0.25, -0.2) is 4.79 Å². The van der Waals surface area contributed by atoms with Gasteiger partial charge in [-0.1, -0.05) is 13.3 Å². The Balaban J connectivity index is 2.54. The SMILES string of the molecule is CCCCc1nc(=O)c2ccc(C(=O)O)cc2[nH]1. The number of aromatic nitrogens is 2. The molecular formula is C13H14N2O3. The molecule has 0 unspecified atom stereocenters. The summed E-state index contributed by atoms with van der Waals surface area (Å²) in [5.41, 5.74) is 0.374. The fraction of sp³-hybridized carbons (Fsp3) is 0.308. The molecular weight excluding hydrogens is 232 g/mol. The van der Waals surface area contributed by atoms with E-state index in [2.05, 4.69) is 16.9 Å². The van der Waals surface area contributed by atoms with Crippen LogP contribution in [0.3, 0.4) is 0 Å². The van der Waals surface area contributed by atoms with Crippen molar-refractivity contribution in [2.24, 2.45) is 0 Å². The highest BCUT2D eigenvalue weighted by molar-refractivity contribution is 5.92. The maximum Gasteiger partial charge on any atom is 0.335 e. The van der Waals surface area contributed by atoms with Crippen molar-refractivity contribution >= 4 is 16.9 Å². The minimum absolute atomic E-state index is 0.158. The molecule has 0 aliphatic rings. The van der Waals surface area contributed by atoms with Crippen LogP contribution in [0.2, 0.25) is 0 Å². The Morgan fingerprint density at radius 2 is 2.22 bits per heavy atom. The van der Waals surface area contributed by atoms with E-state index in [0.29, 0.717) is 23.1 Å². The Bertz CT molecular complexity index is 646. The zero-order valence-corrected chi connectivity index (χ0v) is 10.1. The third kappa shape index (κ3) is 2.40. The van der Waals surface area contributed by atoms with Gasteiger partial charge in [0.2, 0.25) is 0 Å². The summed E-state index contributed by atoms with van der Waals surface area (Å²) in [4.78, 5) is 29.6. The number of H-pyrrole nitrogens is 1. The summed E-state index contributed by atoms with van der Waals surface area (Å²) in [6, 6.07) is 4.37. The third-order valence-electron chi connectivity index (χ3n) is 2.78. The standard InChI is InChI=1S/C13H14N2O3/c1-2-3-4-11-14-10-7-8(13(17)18)5-6-9(10)12(16)15-11/h5-7H,2-4H2,1H3,(H,17,18)(H,14,15,16). The Morgan fingerprint density at radius 1 is 1.44 bits per heavy atom. The molecule has 94 valence electrons. The Kier molecular flexibility index (Phi) is 3.41. The number of carbonyl (C=O) groups is 1. The summed E-state index contributed by atoms with van der Waals surface area (Å²) in [6.07, 6.45) is 2.64. The number of benzene rings is 1. The molecule has 18 heavy (non-hydrogen) atoms. The molecule has 5 nitrogen and oxygen atoms in total. The lowest BCUT2D eigenvalue weighted by molar-refractivity contribution is 0.0697. The second-order valence-corrected chi connectivity index (χ2v) is 4.16. The predicted octanol–water partition coefficient (Wildman–Crippen LogP) is 1.96. The van der Waals surface area contributed by atoms with E-state index >= 15 is 0 Å². The minimum atomic E-state index is -1.01. The van der Waals surface area contributed by atoms with Crippen molar-refractivity contribution in [2.75, 3.05) is 0 Å². The van der Waals surface area contributed by atoms with Crippen molar-refractivity contribution in [3.05, 3.63) is 39.9 Å². The maximum absolute atomic E-state index is 11.8. The number of nitrogens with zero attached hydrogens (tertiary/aromatic N) is 1. The van der Waals surface area contributed by atoms with Crippen molar-refractivity contribution < 1.29 is 9.90 Å². The molecule has 2 rings (SSSR count). The number of hydrogen-bond donors (Lipinski definition) is 2. The first-order valence-electron chi connectivity index (χ1n) is 5.88. The van der Waals surface area contributed by atoms with E-state index in [-0.39, 0.29) is 11.1 Å². The van der Waals surface area contributed by atoms with Crippen molar-refractivity contribution in [1.29, 1.82) is 0 Å². The van der Waals surface area contributed by atoms with Crippen LogP contribution >= 0.6 is 0 Å². The molecule has 0 aliphatic heterocycles.